The number of amides is 1. The molecule has 1 fully saturated rings. The number of benzene rings is 1. The van der Waals surface area contributed by atoms with E-state index in [1.54, 1.807) is 0 Å². The van der Waals surface area contributed by atoms with Crippen LogP contribution >= 0.6 is 0 Å². The van der Waals surface area contributed by atoms with E-state index in [-0.39, 0.29) is 11.8 Å². The summed E-state index contributed by atoms with van der Waals surface area (Å²) in [6.07, 6.45) is 7.69. The fourth-order valence-electron chi connectivity index (χ4n) is 4.50. The molecule has 1 aromatic carbocycles. The van der Waals surface area contributed by atoms with Crippen molar-refractivity contribution in [2.24, 2.45) is 5.92 Å². The van der Waals surface area contributed by atoms with Gasteiger partial charge in [-0.15, -0.1) is 0 Å². The van der Waals surface area contributed by atoms with E-state index in [0.29, 0.717) is 0 Å². The van der Waals surface area contributed by atoms with Crippen LogP contribution in [-0.2, 0) is 16.0 Å². The highest BCUT2D eigenvalue weighted by molar-refractivity contribution is 5.80. The maximum atomic E-state index is 13.3. The molecule has 2 aliphatic heterocycles. The maximum absolute atomic E-state index is 13.3. The van der Waals surface area contributed by atoms with Gasteiger partial charge in [0.15, 0.2) is 0 Å². The normalized spacial score (nSPS) is 20.7. The number of aromatic nitrogens is 1. The first-order chi connectivity index (χ1) is 14.7. The molecule has 2 aromatic rings. The third-order valence-electron chi connectivity index (χ3n) is 6.09. The van der Waals surface area contributed by atoms with Crippen molar-refractivity contribution in [2.75, 3.05) is 45.9 Å². The number of nitrogens with zero attached hydrogens (tertiary/aromatic N) is 3. The van der Waals surface area contributed by atoms with E-state index in [1.807, 2.05) is 29.4 Å². The van der Waals surface area contributed by atoms with Crippen molar-refractivity contribution in [2.45, 2.75) is 19.8 Å². The van der Waals surface area contributed by atoms with E-state index in [2.05, 4.69) is 47.1 Å². The van der Waals surface area contributed by atoms with Gasteiger partial charge in [0.1, 0.15) is 0 Å². The zero-order valence-corrected chi connectivity index (χ0v) is 17.8. The van der Waals surface area contributed by atoms with Gasteiger partial charge in [0.25, 0.3) is 0 Å². The molecule has 5 heteroatoms. The van der Waals surface area contributed by atoms with Crippen LogP contribution in [0.2, 0.25) is 0 Å². The summed E-state index contributed by atoms with van der Waals surface area (Å²) in [6, 6.07) is 12.5. The summed E-state index contributed by atoms with van der Waals surface area (Å²) in [5.74, 6) is 0.235. The molecule has 0 spiro atoms. The Hall–Kier alpha value is -2.50. The van der Waals surface area contributed by atoms with Crippen LogP contribution in [0, 0.1) is 5.92 Å². The third-order valence-corrected chi connectivity index (χ3v) is 6.09. The molecular weight excluding hydrogens is 374 g/mol. The van der Waals surface area contributed by atoms with Crippen LogP contribution in [-0.4, -0.2) is 66.6 Å². The smallest absolute Gasteiger partial charge is 0.227 e. The van der Waals surface area contributed by atoms with E-state index in [4.69, 9.17) is 4.74 Å². The first kappa shape index (κ1) is 20.8. The minimum absolute atomic E-state index is 0.0412. The first-order valence-electron chi connectivity index (χ1n) is 11.0. The van der Waals surface area contributed by atoms with E-state index in [0.717, 1.165) is 64.3 Å². The summed E-state index contributed by atoms with van der Waals surface area (Å²) in [5.41, 5.74) is 4.90. The third kappa shape index (κ3) is 4.97. The first-order valence-corrected chi connectivity index (χ1v) is 11.0. The molecule has 0 aliphatic carbocycles. The molecule has 1 aromatic heterocycles. The molecule has 158 valence electrons. The van der Waals surface area contributed by atoms with Crippen molar-refractivity contribution in [1.82, 2.24) is 14.8 Å². The Kier molecular flexibility index (Phi) is 6.92. The summed E-state index contributed by atoms with van der Waals surface area (Å²) in [5, 5.41) is 0. The molecule has 2 aliphatic rings. The van der Waals surface area contributed by atoms with Gasteiger partial charge < -0.3 is 9.64 Å². The fourth-order valence-corrected chi connectivity index (χ4v) is 4.50. The SMILES string of the molecule is CCN1CCN(CC2=CCCOC2)CC(Cc2ccccc2-c2ccncc2)C1=O. The highest BCUT2D eigenvalue weighted by Gasteiger charge is 2.30. The van der Waals surface area contributed by atoms with Gasteiger partial charge in [-0.2, -0.15) is 0 Å². The Bertz CT molecular complexity index is 881. The second-order valence-corrected chi connectivity index (χ2v) is 8.15. The monoisotopic (exact) mass is 405 g/mol. The van der Waals surface area contributed by atoms with Gasteiger partial charge in [-0.3, -0.25) is 14.7 Å². The van der Waals surface area contributed by atoms with Gasteiger partial charge in [0.05, 0.1) is 19.1 Å². The Morgan fingerprint density at radius 1 is 1.13 bits per heavy atom. The number of rotatable bonds is 6. The van der Waals surface area contributed by atoms with E-state index in [9.17, 15) is 4.79 Å². The number of carbonyl (C=O) groups excluding carboxylic acids is 1. The van der Waals surface area contributed by atoms with Gasteiger partial charge in [0, 0.05) is 45.1 Å². The van der Waals surface area contributed by atoms with Crippen LogP contribution in [0.4, 0.5) is 0 Å². The largest absolute Gasteiger partial charge is 0.377 e. The lowest BCUT2D eigenvalue weighted by Gasteiger charge is -2.26. The van der Waals surface area contributed by atoms with Gasteiger partial charge in [-0.25, -0.2) is 0 Å². The number of pyridine rings is 1. The molecule has 1 unspecified atom stereocenters. The minimum atomic E-state index is -0.0412. The summed E-state index contributed by atoms with van der Waals surface area (Å²) in [4.78, 5) is 21.9. The lowest BCUT2D eigenvalue weighted by Crippen LogP contribution is -2.37. The van der Waals surface area contributed by atoms with E-state index in [1.165, 1.54) is 16.7 Å². The second kappa shape index (κ2) is 10.0. The van der Waals surface area contributed by atoms with Crippen molar-refractivity contribution >= 4 is 5.91 Å². The molecule has 1 atom stereocenters. The molecule has 3 heterocycles. The molecular formula is C25H31N3O2. The lowest BCUT2D eigenvalue weighted by molar-refractivity contribution is -0.134. The van der Waals surface area contributed by atoms with Crippen LogP contribution < -0.4 is 0 Å². The van der Waals surface area contributed by atoms with Crippen LogP contribution in [0.1, 0.15) is 18.9 Å². The fraction of sp³-hybridized carbons (Fsp3) is 0.440. The quantitative estimate of drug-likeness (QED) is 0.691. The molecule has 0 bridgehead atoms. The van der Waals surface area contributed by atoms with Crippen molar-refractivity contribution < 1.29 is 9.53 Å². The predicted molar refractivity (Wildman–Crippen MR) is 119 cm³/mol. The van der Waals surface area contributed by atoms with Crippen molar-refractivity contribution in [3.05, 3.63) is 66.0 Å². The Labute approximate surface area is 179 Å². The van der Waals surface area contributed by atoms with Gasteiger partial charge in [0.2, 0.25) is 5.91 Å². The van der Waals surface area contributed by atoms with Gasteiger partial charge in [-0.1, -0.05) is 30.3 Å². The molecule has 5 nitrogen and oxygen atoms in total. The summed E-state index contributed by atoms with van der Waals surface area (Å²) in [6.45, 7) is 7.78. The zero-order chi connectivity index (χ0) is 20.8. The van der Waals surface area contributed by atoms with Crippen molar-refractivity contribution in [1.29, 1.82) is 0 Å². The van der Waals surface area contributed by atoms with Crippen molar-refractivity contribution in [3.63, 3.8) is 0 Å². The Morgan fingerprint density at radius 3 is 2.73 bits per heavy atom. The predicted octanol–water partition coefficient (Wildman–Crippen LogP) is 3.42. The van der Waals surface area contributed by atoms with Crippen molar-refractivity contribution in [3.8, 4) is 11.1 Å². The summed E-state index contributed by atoms with van der Waals surface area (Å²) in [7, 11) is 0. The molecule has 0 saturated carbocycles. The highest BCUT2D eigenvalue weighted by Crippen LogP contribution is 2.27. The van der Waals surface area contributed by atoms with Crippen LogP contribution in [0.3, 0.4) is 0 Å². The molecule has 1 saturated heterocycles. The standard InChI is InChI=1S/C25H31N3O2/c1-2-28-14-13-27(17-20-6-5-15-30-19-20)18-23(25(28)29)16-22-7-3-4-8-24(22)21-9-11-26-12-10-21/h3-4,6-12,23H,2,5,13-19H2,1H3. The van der Waals surface area contributed by atoms with E-state index < -0.39 is 0 Å². The molecule has 0 radical (unpaired) electrons. The minimum Gasteiger partial charge on any atom is -0.377 e. The molecule has 1 amide bonds. The maximum Gasteiger partial charge on any atom is 0.227 e. The second-order valence-electron chi connectivity index (χ2n) is 8.15. The molecule has 0 N–H and O–H groups in total. The number of ether oxygens (including phenoxy) is 1. The average molecular weight is 406 g/mol. The number of carbonyl (C=O) groups is 1. The topological polar surface area (TPSA) is 45.7 Å². The average Bonchev–Trinajstić information content (AvgIpc) is 2.94. The van der Waals surface area contributed by atoms with Crippen LogP contribution in [0.25, 0.3) is 11.1 Å². The number of hydrogen-bond donors (Lipinski definition) is 0. The van der Waals surface area contributed by atoms with Crippen LogP contribution in [0.15, 0.2) is 60.4 Å². The Balaban J connectivity index is 1.56. The molecule has 4 rings (SSSR count). The number of likely N-dealkylation sites (N-methyl/N-ethyl adjacent to an activating group) is 1. The lowest BCUT2D eigenvalue weighted by atomic mass is 9.91. The summed E-state index contributed by atoms with van der Waals surface area (Å²) < 4.78 is 5.63. The van der Waals surface area contributed by atoms with E-state index >= 15 is 0 Å². The van der Waals surface area contributed by atoms with Gasteiger partial charge >= 0.3 is 0 Å². The summed E-state index contributed by atoms with van der Waals surface area (Å²) >= 11 is 0. The van der Waals surface area contributed by atoms with Crippen LogP contribution in [0.5, 0.6) is 0 Å². The van der Waals surface area contributed by atoms with Gasteiger partial charge in [-0.05, 0) is 54.2 Å². The molecule has 30 heavy (non-hydrogen) atoms. The Morgan fingerprint density at radius 2 is 1.97 bits per heavy atom. The highest BCUT2D eigenvalue weighted by atomic mass is 16.5. The number of hydrogen-bond acceptors (Lipinski definition) is 4. The zero-order valence-electron chi connectivity index (χ0n) is 17.8.